The van der Waals surface area contributed by atoms with Crippen LogP contribution in [0.2, 0.25) is 0 Å². The average molecular weight is 324 g/mol. The SMILES string of the molecule is Cc1cc(N2C[C@@H](O)[C@H](n3ccnn3)C2)ncc1Br. The number of hydrogen-bond donors (Lipinski definition) is 1. The first-order chi connectivity index (χ1) is 9.15. The van der Waals surface area contributed by atoms with Crippen LogP contribution in [-0.4, -0.2) is 44.3 Å². The number of halogens is 1. The van der Waals surface area contributed by atoms with Crippen molar-refractivity contribution >= 4 is 21.7 Å². The number of nitrogens with zero attached hydrogens (tertiary/aromatic N) is 5. The normalized spacial score (nSPS) is 23.0. The smallest absolute Gasteiger partial charge is 0.128 e. The van der Waals surface area contributed by atoms with Gasteiger partial charge in [0.1, 0.15) is 5.82 Å². The van der Waals surface area contributed by atoms with Crippen molar-refractivity contribution in [2.75, 3.05) is 18.0 Å². The maximum absolute atomic E-state index is 10.1. The van der Waals surface area contributed by atoms with Gasteiger partial charge in [-0.1, -0.05) is 5.21 Å². The summed E-state index contributed by atoms with van der Waals surface area (Å²) >= 11 is 3.44. The molecule has 0 unspecified atom stereocenters. The molecule has 1 fully saturated rings. The molecule has 0 spiro atoms. The van der Waals surface area contributed by atoms with Crippen molar-refractivity contribution in [1.82, 2.24) is 20.0 Å². The van der Waals surface area contributed by atoms with E-state index in [1.54, 1.807) is 23.3 Å². The molecular weight excluding hydrogens is 310 g/mol. The van der Waals surface area contributed by atoms with E-state index in [9.17, 15) is 5.11 Å². The maximum atomic E-state index is 10.1. The Morgan fingerprint density at radius 1 is 1.42 bits per heavy atom. The van der Waals surface area contributed by atoms with Crippen LogP contribution in [0.1, 0.15) is 11.6 Å². The van der Waals surface area contributed by atoms with Gasteiger partial charge in [0.2, 0.25) is 0 Å². The van der Waals surface area contributed by atoms with Gasteiger partial charge in [0.25, 0.3) is 0 Å². The molecule has 3 heterocycles. The fourth-order valence-corrected chi connectivity index (χ4v) is 2.53. The van der Waals surface area contributed by atoms with E-state index < -0.39 is 6.10 Å². The largest absolute Gasteiger partial charge is 0.389 e. The highest BCUT2D eigenvalue weighted by atomic mass is 79.9. The van der Waals surface area contributed by atoms with Gasteiger partial charge in [-0.05, 0) is 34.5 Å². The molecule has 1 aliphatic rings. The van der Waals surface area contributed by atoms with Crippen LogP contribution in [-0.2, 0) is 0 Å². The van der Waals surface area contributed by atoms with Gasteiger partial charge in [-0.15, -0.1) is 5.10 Å². The molecule has 0 saturated carbocycles. The number of aromatic nitrogens is 4. The molecule has 0 amide bonds. The second-order valence-electron chi connectivity index (χ2n) is 4.71. The topological polar surface area (TPSA) is 67.1 Å². The third-order valence-corrected chi connectivity index (χ3v) is 4.23. The van der Waals surface area contributed by atoms with Gasteiger partial charge in [0.05, 0.1) is 18.3 Å². The Labute approximate surface area is 119 Å². The minimum Gasteiger partial charge on any atom is -0.389 e. The van der Waals surface area contributed by atoms with E-state index in [0.717, 1.165) is 15.9 Å². The lowest BCUT2D eigenvalue weighted by Gasteiger charge is -2.17. The fourth-order valence-electron chi connectivity index (χ4n) is 2.31. The van der Waals surface area contributed by atoms with Crippen LogP contribution in [0.3, 0.4) is 0 Å². The first-order valence-electron chi connectivity index (χ1n) is 6.06. The van der Waals surface area contributed by atoms with Crippen molar-refractivity contribution < 1.29 is 5.11 Å². The van der Waals surface area contributed by atoms with Crippen LogP contribution in [0.4, 0.5) is 5.82 Å². The summed E-state index contributed by atoms with van der Waals surface area (Å²) in [6.07, 6.45) is 4.72. The lowest BCUT2D eigenvalue weighted by molar-refractivity contribution is 0.144. The number of pyridine rings is 1. The van der Waals surface area contributed by atoms with Crippen LogP contribution in [0.25, 0.3) is 0 Å². The highest BCUT2D eigenvalue weighted by Crippen LogP contribution is 2.27. The van der Waals surface area contributed by atoms with E-state index in [1.807, 2.05) is 13.0 Å². The molecular formula is C12H14BrN5O. The highest BCUT2D eigenvalue weighted by molar-refractivity contribution is 9.10. The molecule has 6 nitrogen and oxygen atoms in total. The minimum atomic E-state index is -0.465. The van der Waals surface area contributed by atoms with Crippen LogP contribution in [0.5, 0.6) is 0 Å². The molecule has 0 radical (unpaired) electrons. The molecule has 0 aromatic carbocycles. The summed E-state index contributed by atoms with van der Waals surface area (Å²) < 4.78 is 2.69. The van der Waals surface area contributed by atoms with Crippen LogP contribution in [0, 0.1) is 6.92 Å². The maximum Gasteiger partial charge on any atom is 0.128 e. The Balaban J connectivity index is 1.82. The van der Waals surface area contributed by atoms with E-state index in [-0.39, 0.29) is 6.04 Å². The number of anilines is 1. The third-order valence-electron chi connectivity index (χ3n) is 3.40. The summed E-state index contributed by atoms with van der Waals surface area (Å²) in [6.45, 7) is 3.26. The molecule has 19 heavy (non-hydrogen) atoms. The predicted molar refractivity (Wildman–Crippen MR) is 74.0 cm³/mol. The van der Waals surface area contributed by atoms with Gasteiger partial charge < -0.3 is 10.0 Å². The molecule has 1 N–H and O–H groups in total. The predicted octanol–water partition coefficient (Wildman–Crippen LogP) is 1.17. The lowest BCUT2D eigenvalue weighted by Crippen LogP contribution is -2.22. The Morgan fingerprint density at radius 3 is 2.95 bits per heavy atom. The third kappa shape index (κ3) is 2.35. The van der Waals surface area contributed by atoms with Gasteiger partial charge in [-0.2, -0.15) is 0 Å². The van der Waals surface area contributed by atoms with E-state index in [1.165, 1.54) is 0 Å². The number of rotatable bonds is 2. The van der Waals surface area contributed by atoms with Crippen molar-refractivity contribution in [1.29, 1.82) is 0 Å². The number of aliphatic hydroxyl groups excluding tert-OH is 1. The molecule has 7 heteroatoms. The molecule has 1 aliphatic heterocycles. The number of β-amino-alcohol motifs (C(OH)–C–C–N with tert-alkyl or cyclic N) is 1. The Morgan fingerprint density at radius 2 is 2.26 bits per heavy atom. The van der Waals surface area contributed by atoms with Crippen molar-refractivity contribution in [3.8, 4) is 0 Å². The second-order valence-corrected chi connectivity index (χ2v) is 5.57. The van der Waals surface area contributed by atoms with Crippen molar-refractivity contribution in [3.63, 3.8) is 0 Å². The summed E-state index contributed by atoms with van der Waals surface area (Å²) in [6, 6.07) is 1.94. The quantitative estimate of drug-likeness (QED) is 0.898. The first kappa shape index (κ1) is 12.6. The molecule has 1 saturated heterocycles. The van der Waals surface area contributed by atoms with Crippen molar-refractivity contribution in [2.24, 2.45) is 0 Å². The van der Waals surface area contributed by atoms with Gasteiger partial charge in [-0.25, -0.2) is 9.67 Å². The fraction of sp³-hybridized carbons (Fsp3) is 0.417. The molecule has 0 bridgehead atoms. The second kappa shape index (κ2) is 4.90. The molecule has 2 atom stereocenters. The molecule has 2 aromatic rings. The van der Waals surface area contributed by atoms with E-state index in [4.69, 9.17) is 0 Å². The zero-order valence-electron chi connectivity index (χ0n) is 10.4. The van der Waals surface area contributed by atoms with Gasteiger partial charge in [0, 0.05) is 30.0 Å². The van der Waals surface area contributed by atoms with Gasteiger partial charge >= 0.3 is 0 Å². The number of aryl methyl sites for hydroxylation is 1. The standard InChI is InChI=1S/C12H14BrN5O/c1-8-4-12(14-5-9(8)13)17-6-10(11(19)7-17)18-3-2-15-16-18/h2-5,10-11,19H,6-7H2,1H3/t10-,11-/m1/s1. The van der Waals surface area contributed by atoms with Crippen LogP contribution >= 0.6 is 15.9 Å². The Kier molecular flexibility index (Phi) is 3.24. The molecule has 100 valence electrons. The number of aliphatic hydroxyl groups is 1. The van der Waals surface area contributed by atoms with Gasteiger partial charge in [-0.3, -0.25) is 0 Å². The van der Waals surface area contributed by atoms with Crippen molar-refractivity contribution in [3.05, 3.63) is 34.7 Å². The summed E-state index contributed by atoms with van der Waals surface area (Å²) in [5, 5.41) is 17.9. The van der Waals surface area contributed by atoms with Crippen LogP contribution in [0.15, 0.2) is 29.1 Å². The highest BCUT2D eigenvalue weighted by Gasteiger charge is 2.33. The summed E-state index contributed by atoms with van der Waals surface area (Å²) in [7, 11) is 0. The summed E-state index contributed by atoms with van der Waals surface area (Å²) in [4.78, 5) is 6.46. The van der Waals surface area contributed by atoms with E-state index in [2.05, 4.69) is 36.1 Å². The Hall–Kier alpha value is -1.47. The van der Waals surface area contributed by atoms with Gasteiger partial charge in [0.15, 0.2) is 0 Å². The average Bonchev–Trinajstić information content (AvgIpc) is 3.01. The summed E-state index contributed by atoms with van der Waals surface area (Å²) in [5.74, 6) is 0.877. The van der Waals surface area contributed by atoms with E-state index in [0.29, 0.717) is 13.1 Å². The first-order valence-corrected chi connectivity index (χ1v) is 6.85. The zero-order valence-corrected chi connectivity index (χ0v) is 12.0. The van der Waals surface area contributed by atoms with Crippen LogP contribution < -0.4 is 4.90 Å². The molecule has 0 aliphatic carbocycles. The van der Waals surface area contributed by atoms with Crippen molar-refractivity contribution in [2.45, 2.75) is 19.1 Å². The molecule has 2 aromatic heterocycles. The zero-order chi connectivity index (χ0) is 13.4. The monoisotopic (exact) mass is 323 g/mol. The Bertz CT molecular complexity index is 574. The molecule has 3 rings (SSSR count). The summed E-state index contributed by atoms with van der Waals surface area (Å²) in [5.41, 5.74) is 1.13. The number of hydrogen-bond acceptors (Lipinski definition) is 5. The van der Waals surface area contributed by atoms with E-state index >= 15 is 0 Å². The lowest BCUT2D eigenvalue weighted by atomic mass is 10.2. The minimum absolute atomic E-state index is 0.0757.